The third kappa shape index (κ3) is 4.57. The largest absolute Gasteiger partial charge is 0.493 e. The number of cyclic esters (lactones) is 1. The summed E-state index contributed by atoms with van der Waals surface area (Å²) in [7, 11) is 2.69. The Morgan fingerprint density at radius 2 is 2.00 bits per heavy atom. The van der Waals surface area contributed by atoms with E-state index in [9.17, 15) is 9.59 Å². The number of methoxy groups -OCH3 is 2. The Balaban J connectivity index is 1.91. The molecule has 2 aromatic rings. The van der Waals surface area contributed by atoms with Crippen LogP contribution in [-0.2, 0) is 19.1 Å². The Morgan fingerprint density at radius 3 is 2.69 bits per heavy atom. The summed E-state index contributed by atoms with van der Waals surface area (Å²) in [5.74, 6) is -0.386. The minimum Gasteiger partial charge on any atom is -0.493 e. The Labute approximate surface area is 172 Å². The molecule has 2 aromatic carbocycles. The normalized spacial score (nSPS) is 14.4. The van der Waals surface area contributed by atoms with Crippen molar-refractivity contribution >= 4 is 35.5 Å². The summed E-state index contributed by atoms with van der Waals surface area (Å²) in [5, 5.41) is 0.203. The van der Waals surface area contributed by atoms with Gasteiger partial charge in [0.05, 0.1) is 19.2 Å². The molecule has 0 aliphatic carbocycles. The van der Waals surface area contributed by atoms with Gasteiger partial charge in [-0.15, -0.1) is 0 Å². The first-order valence-electron chi connectivity index (χ1n) is 8.58. The van der Waals surface area contributed by atoms with Crippen LogP contribution in [0.2, 0.25) is 5.02 Å². The molecule has 0 aromatic heterocycles. The Bertz CT molecular complexity index is 1030. The molecule has 1 aliphatic rings. The average molecular weight is 416 g/mol. The first kappa shape index (κ1) is 20.4. The fourth-order valence-corrected chi connectivity index (χ4v) is 2.92. The zero-order valence-electron chi connectivity index (χ0n) is 16.0. The summed E-state index contributed by atoms with van der Waals surface area (Å²) in [5.41, 5.74) is 2.37. The van der Waals surface area contributed by atoms with Crippen LogP contribution in [0.3, 0.4) is 0 Å². The van der Waals surface area contributed by atoms with Gasteiger partial charge in [-0.1, -0.05) is 29.8 Å². The number of carbonyl (C=O) groups is 2. The van der Waals surface area contributed by atoms with Gasteiger partial charge >= 0.3 is 11.9 Å². The topological polar surface area (TPSA) is 83.4 Å². The molecule has 0 radical (unpaired) electrons. The number of esters is 2. The molecule has 7 nitrogen and oxygen atoms in total. The summed E-state index contributed by atoms with van der Waals surface area (Å²) in [4.78, 5) is 27.8. The minimum atomic E-state index is -0.565. The second-order valence-electron chi connectivity index (χ2n) is 6.05. The first-order valence-corrected chi connectivity index (χ1v) is 8.96. The van der Waals surface area contributed by atoms with Crippen molar-refractivity contribution in [2.24, 2.45) is 4.99 Å². The number of hydrogen-bond donors (Lipinski definition) is 0. The maximum Gasteiger partial charge on any atom is 0.363 e. The van der Waals surface area contributed by atoms with E-state index in [2.05, 4.69) is 9.73 Å². The number of aliphatic imine (C=N–C) groups is 1. The van der Waals surface area contributed by atoms with E-state index in [1.165, 1.54) is 20.3 Å². The van der Waals surface area contributed by atoms with Crippen LogP contribution < -0.4 is 9.47 Å². The average Bonchev–Trinajstić information content (AvgIpc) is 3.06. The molecular weight excluding hydrogens is 398 g/mol. The lowest BCUT2D eigenvalue weighted by Gasteiger charge is -2.12. The van der Waals surface area contributed by atoms with Crippen molar-refractivity contribution in [3.63, 3.8) is 0 Å². The van der Waals surface area contributed by atoms with Crippen molar-refractivity contribution in [1.82, 2.24) is 0 Å². The molecule has 0 saturated heterocycles. The fraction of sp³-hybridized carbons (Fsp3) is 0.190. The van der Waals surface area contributed by atoms with Crippen LogP contribution in [-0.4, -0.2) is 38.7 Å². The quantitative estimate of drug-likeness (QED) is 0.530. The van der Waals surface area contributed by atoms with Crippen LogP contribution in [0.15, 0.2) is 47.1 Å². The lowest BCUT2D eigenvalue weighted by Crippen LogP contribution is -2.13. The van der Waals surface area contributed by atoms with Crippen molar-refractivity contribution in [2.75, 3.05) is 20.8 Å². The molecule has 0 N–H and O–H groups in total. The van der Waals surface area contributed by atoms with Gasteiger partial charge in [-0.3, -0.25) is 0 Å². The molecule has 3 rings (SSSR count). The lowest BCUT2D eigenvalue weighted by atomic mass is 10.1. The summed E-state index contributed by atoms with van der Waals surface area (Å²) < 4.78 is 20.5. The predicted octanol–water partition coefficient (Wildman–Crippen LogP) is 3.55. The predicted molar refractivity (Wildman–Crippen MR) is 107 cm³/mol. The summed E-state index contributed by atoms with van der Waals surface area (Å²) >= 11 is 6.27. The monoisotopic (exact) mass is 415 g/mol. The Morgan fingerprint density at radius 1 is 1.24 bits per heavy atom. The zero-order valence-corrected chi connectivity index (χ0v) is 16.8. The smallest absolute Gasteiger partial charge is 0.363 e. The molecular formula is C21H18ClNO6. The first-order chi connectivity index (χ1) is 13.9. The molecule has 0 atom stereocenters. The third-order valence-electron chi connectivity index (χ3n) is 4.11. The van der Waals surface area contributed by atoms with Crippen LogP contribution in [0.25, 0.3) is 6.08 Å². The number of carbonyl (C=O) groups excluding carboxylic acids is 2. The van der Waals surface area contributed by atoms with Crippen molar-refractivity contribution in [3.05, 3.63) is 63.8 Å². The molecule has 0 saturated carbocycles. The van der Waals surface area contributed by atoms with E-state index < -0.39 is 11.9 Å². The van der Waals surface area contributed by atoms with Gasteiger partial charge in [0.15, 0.2) is 23.8 Å². The molecule has 1 heterocycles. The van der Waals surface area contributed by atoms with E-state index in [4.69, 9.17) is 25.8 Å². The molecule has 0 bridgehead atoms. The standard InChI is InChI=1S/C21H18ClNO6/c1-12-6-4-5-7-14(12)20-23-16(21(25)29-20)9-13-8-15(22)19(17(10-13)26-2)28-11-18(24)27-3/h4-10H,11H2,1-3H3/b16-9+. The van der Waals surface area contributed by atoms with Gasteiger partial charge < -0.3 is 18.9 Å². The number of aryl methyl sites for hydroxylation is 1. The van der Waals surface area contributed by atoms with Gasteiger partial charge in [0, 0.05) is 5.56 Å². The maximum absolute atomic E-state index is 12.2. The van der Waals surface area contributed by atoms with Crippen LogP contribution in [0.4, 0.5) is 0 Å². The Kier molecular flexibility index (Phi) is 6.19. The van der Waals surface area contributed by atoms with Crippen molar-refractivity contribution in [2.45, 2.75) is 6.92 Å². The number of ether oxygens (including phenoxy) is 4. The fourth-order valence-electron chi connectivity index (χ4n) is 2.65. The van der Waals surface area contributed by atoms with Gasteiger partial charge in [-0.2, -0.15) is 0 Å². The molecule has 0 fully saturated rings. The van der Waals surface area contributed by atoms with Crippen molar-refractivity contribution < 1.29 is 28.5 Å². The van der Waals surface area contributed by atoms with Gasteiger partial charge in [0.25, 0.3) is 0 Å². The highest BCUT2D eigenvalue weighted by molar-refractivity contribution is 6.32. The van der Waals surface area contributed by atoms with Crippen molar-refractivity contribution in [1.29, 1.82) is 0 Å². The molecule has 0 spiro atoms. The molecule has 0 amide bonds. The number of rotatable bonds is 6. The number of nitrogens with zero attached hydrogens (tertiary/aromatic N) is 1. The van der Waals surface area contributed by atoms with Gasteiger partial charge in [-0.25, -0.2) is 14.6 Å². The van der Waals surface area contributed by atoms with E-state index in [1.807, 2.05) is 31.2 Å². The number of hydrogen-bond acceptors (Lipinski definition) is 7. The van der Waals surface area contributed by atoms with Crippen LogP contribution in [0.5, 0.6) is 11.5 Å². The van der Waals surface area contributed by atoms with Gasteiger partial charge in [0.2, 0.25) is 5.90 Å². The highest BCUT2D eigenvalue weighted by Crippen LogP contribution is 2.37. The molecule has 29 heavy (non-hydrogen) atoms. The van der Waals surface area contributed by atoms with Crippen LogP contribution in [0.1, 0.15) is 16.7 Å². The van der Waals surface area contributed by atoms with E-state index in [1.54, 1.807) is 12.1 Å². The minimum absolute atomic E-state index is 0.129. The zero-order chi connectivity index (χ0) is 21.0. The molecule has 150 valence electrons. The summed E-state index contributed by atoms with van der Waals surface area (Å²) in [6, 6.07) is 10.7. The Hall–Kier alpha value is -3.32. The second-order valence-corrected chi connectivity index (χ2v) is 6.46. The maximum atomic E-state index is 12.2. The van der Waals surface area contributed by atoms with Crippen molar-refractivity contribution in [3.8, 4) is 11.5 Å². The number of benzene rings is 2. The molecule has 0 unspecified atom stereocenters. The van der Waals surface area contributed by atoms with Crippen LogP contribution in [0, 0.1) is 6.92 Å². The van der Waals surface area contributed by atoms with E-state index in [0.29, 0.717) is 11.3 Å². The number of halogens is 1. The van der Waals surface area contributed by atoms with Gasteiger partial charge in [-0.05, 0) is 42.3 Å². The summed E-state index contributed by atoms with van der Waals surface area (Å²) in [6.45, 7) is 1.59. The second kappa shape index (κ2) is 8.79. The highest BCUT2D eigenvalue weighted by Gasteiger charge is 2.25. The molecule has 8 heteroatoms. The van der Waals surface area contributed by atoms with Gasteiger partial charge in [0.1, 0.15) is 0 Å². The van der Waals surface area contributed by atoms with E-state index >= 15 is 0 Å². The van der Waals surface area contributed by atoms with Crippen LogP contribution >= 0.6 is 11.6 Å². The SMILES string of the molecule is COC(=O)COc1c(Cl)cc(/C=C2/N=C(c3ccccc3C)OC2=O)cc1OC. The summed E-state index contributed by atoms with van der Waals surface area (Å²) in [6.07, 6.45) is 1.53. The highest BCUT2D eigenvalue weighted by atomic mass is 35.5. The van der Waals surface area contributed by atoms with E-state index in [-0.39, 0.29) is 29.0 Å². The molecule has 1 aliphatic heterocycles. The lowest BCUT2D eigenvalue weighted by molar-refractivity contribution is -0.143. The third-order valence-corrected chi connectivity index (χ3v) is 4.39. The van der Waals surface area contributed by atoms with E-state index in [0.717, 1.165) is 11.1 Å².